The Morgan fingerprint density at radius 1 is 1.35 bits per heavy atom. The Hall–Kier alpha value is -1.81. The van der Waals surface area contributed by atoms with E-state index < -0.39 is 6.04 Å². The predicted octanol–water partition coefficient (Wildman–Crippen LogP) is 2.98. The molecule has 2 aromatic rings. The Bertz CT molecular complexity index is 663. The number of hydrogen-bond acceptors (Lipinski definition) is 2. The molecule has 3 rings (SSSR count). The second-order valence-electron chi connectivity index (χ2n) is 6.94. The van der Waals surface area contributed by atoms with Crippen molar-refractivity contribution in [3.63, 3.8) is 0 Å². The molecule has 4 N–H and O–H groups in total. The van der Waals surface area contributed by atoms with Crippen LogP contribution in [0.5, 0.6) is 0 Å². The van der Waals surface area contributed by atoms with Crippen molar-refractivity contribution in [3.05, 3.63) is 36.0 Å². The summed E-state index contributed by atoms with van der Waals surface area (Å²) in [6, 6.07) is 7.62. The van der Waals surface area contributed by atoms with Crippen LogP contribution in [0.2, 0.25) is 0 Å². The molecule has 2 unspecified atom stereocenters. The molecule has 1 fully saturated rings. The van der Waals surface area contributed by atoms with Crippen LogP contribution in [-0.2, 0) is 11.2 Å². The van der Waals surface area contributed by atoms with Gasteiger partial charge in [0.25, 0.3) is 0 Å². The molecule has 23 heavy (non-hydrogen) atoms. The van der Waals surface area contributed by atoms with E-state index >= 15 is 0 Å². The number of para-hydroxylation sites is 1. The second-order valence-corrected chi connectivity index (χ2v) is 6.94. The third kappa shape index (κ3) is 3.75. The van der Waals surface area contributed by atoms with Gasteiger partial charge in [-0.2, -0.15) is 0 Å². The molecule has 0 saturated heterocycles. The molecule has 124 valence electrons. The molecule has 0 radical (unpaired) electrons. The van der Waals surface area contributed by atoms with E-state index in [0.717, 1.165) is 23.0 Å². The van der Waals surface area contributed by atoms with Crippen LogP contribution in [0, 0.1) is 11.8 Å². The lowest BCUT2D eigenvalue weighted by molar-refractivity contribution is -0.122. The lowest BCUT2D eigenvalue weighted by Gasteiger charge is -2.29. The molecule has 0 spiro atoms. The summed E-state index contributed by atoms with van der Waals surface area (Å²) < 4.78 is 0. The lowest BCUT2D eigenvalue weighted by atomic mass is 9.80. The number of rotatable bonds is 5. The van der Waals surface area contributed by atoms with Gasteiger partial charge in [-0.1, -0.05) is 44.4 Å². The number of aromatic amines is 1. The standard InChI is InChI=1S/C19H27N3O/c1-13-6-2-3-7-14(13)11-22-19(23)17(20)10-15-12-21-18-9-5-4-8-16(15)18/h4-5,8-9,12-14,17,21H,2-3,6-7,10-11,20H2,1H3,(H,22,23)/t13?,14?,17-/m0/s1. The molecular formula is C19H27N3O. The molecule has 1 saturated carbocycles. The molecule has 0 aliphatic heterocycles. The van der Waals surface area contributed by atoms with Gasteiger partial charge in [-0.05, 0) is 36.3 Å². The van der Waals surface area contributed by atoms with Gasteiger partial charge in [0, 0.05) is 23.6 Å². The number of aromatic nitrogens is 1. The molecule has 4 heteroatoms. The highest BCUT2D eigenvalue weighted by atomic mass is 16.2. The molecule has 1 amide bonds. The fourth-order valence-electron chi connectivity index (χ4n) is 3.69. The first kappa shape index (κ1) is 16.1. The Labute approximate surface area is 137 Å². The zero-order chi connectivity index (χ0) is 16.2. The van der Waals surface area contributed by atoms with Crippen molar-refractivity contribution in [2.45, 2.75) is 45.1 Å². The molecule has 1 aromatic carbocycles. The number of carbonyl (C=O) groups excluding carboxylic acids is 1. The van der Waals surface area contributed by atoms with E-state index in [4.69, 9.17) is 5.73 Å². The third-order valence-corrected chi connectivity index (χ3v) is 5.28. The fraction of sp³-hybridized carbons (Fsp3) is 0.526. The molecule has 1 heterocycles. The van der Waals surface area contributed by atoms with Gasteiger partial charge in [0.05, 0.1) is 6.04 Å². The van der Waals surface area contributed by atoms with E-state index in [2.05, 4.69) is 23.3 Å². The zero-order valence-corrected chi connectivity index (χ0v) is 13.8. The highest BCUT2D eigenvalue weighted by molar-refractivity contribution is 5.86. The van der Waals surface area contributed by atoms with E-state index in [-0.39, 0.29) is 5.91 Å². The van der Waals surface area contributed by atoms with Gasteiger partial charge in [0.15, 0.2) is 0 Å². The molecule has 1 aliphatic carbocycles. The first-order chi connectivity index (χ1) is 11.1. The SMILES string of the molecule is CC1CCCCC1CNC(=O)[C@@H](N)Cc1c[nH]c2ccccc12. The third-order valence-electron chi connectivity index (χ3n) is 5.28. The van der Waals surface area contributed by atoms with Crippen LogP contribution in [0.3, 0.4) is 0 Å². The quantitative estimate of drug-likeness (QED) is 0.794. The molecule has 1 aliphatic rings. The van der Waals surface area contributed by atoms with Crippen LogP contribution in [0.1, 0.15) is 38.2 Å². The minimum Gasteiger partial charge on any atom is -0.361 e. The number of benzene rings is 1. The number of hydrogen-bond donors (Lipinski definition) is 3. The number of fused-ring (bicyclic) bond motifs is 1. The van der Waals surface area contributed by atoms with Crippen molar-refractivity contribution in [2.75, 3.05) is 6.54 Å². The smallest absolute Gasteiger partial charge is 0.237 e. The molecule has 1 aromatic heterocycles. The first-order valence-corrected chi connectivity index (χ1v) is 8.73. The van der Waals surface area contributed by atoms with Gasteiger partial charge >= 0.3 is 0 Å². The van der Waals surface area contributed by atoms with Crippen LogP contribution < -0.4 is 11.1 Å². The Kier molecular flexibility index (Phi) is 5.01. The summed E-state index contributed by atoms with van der Waals surface area (Å²) in [6.45, 7) is 3.06. The monoisotopic (exact) mass is 313 g/mol. The summed E-state index contributed by atoms with van der Waals surface area (Å²) >= 11 is 0. The Morgan fingerprint density at radius 3 is 2.96 bits per heavy atom. The van der Waals surface area contributed by atoms with Gasteiger partial charge in [-0.25, -0.2) is 0 Å². The average Bonchev–Trinajstić information content (AvgIpc) is 2.97. The maximum absolute atomic E-state index is 12.3. The number of nitrogens with two attached hydrogens (primary N) is 1. The van der Waals surface area contributed by atoms with Crippen molar-refractivity contribution >= 4 is 16.8 Å². The van der Waals surface area contributed by atoms with Gasteiger partial charge in [0.2, 0.25) is 5.91 Å². The molecule has 3 atom stereocenters. The number of amides is 1. The van der Waals surface area contributed by atoms with E-state index in [9.17, 15) is 4.79 Å². The van der Waals surface area contributed by atoms with Gasteiger partial charge in [0.1, 0.15) is 0 Å². The average molecular weight is 313 g/mol. The predicted molar refractivity (Wildman–Crippen MR) is 94.1 cm³/mol. The summed E-state index contributed by atoms with van der Waals surface area (Å²) in [7, 11) is 0. The van der Waals surface area contributed by atoms with E-state index in [0.29, 0.717) is 18.3 Å². The fourth-order valence-corrected chi connectivity index (χ4v) is 3.69. The van der Waals surface area contributed by atoms with Crippen LogP contribution >= 0.6 is 0 Å². The van der Waals surface area contributed by atoms with Crippen LogP contribution in [-0.4, -0.2) is 23.5 Å². The van der Waals surface area contributed by atoms with Crippen molar-refractivity contribution in [3.8, 4) is 0 Å². The Morgan fingerprint density at radius 2 is 2.13 bits per heavy atom. The Balaban J connectivity index is 1.55. The van der Waals surface area contributed by atoms with Crippen molar-refractivity contribution in [1.29, 1.82) is 0 Å². The van der Waals surface area contributed by atoms with E-state index in [1.807, 2.05) is 24.4 Å². The second kappa shape index (κ2) is 7.18. The highest BCUT2D eigenvalue weighted by Crippen LogP contribution is 2.28. The summed E-state index contributed by atoms with van der Waals surface area (Å²) in [4.78, 5) is 15.5. The summed E-state index contributed by atoms with van der Waals surface area (Å²) in [5, 5.41) is 4.22. The molecule has 0 bridgehead atoms. The maximum Gasteiger partial charge on any atom is 0.237 e. The molecule has 4 nitrogen and oxygen atoms in total. The van der Waals surface area contributed by atoms with E-state index in [1.54, 1.807) is 0 Å². The summed E-state index contributed by atoms with van der Waals surface area (Å²) in [5.74, 6) is 1.27. The van der Waals surface area contributed by atoms with E-state index in [1.165, 1.54) is 25.7 Å². The minimum atomic E-state index is -0.492. The van der Waals surface area contributed by atoms with Crippen molar-refractivity contribution in [1.82, 2.24) is 10.3 Å². The zero-order valence-electron chi connectivity index (χ0n) is 13.8. The number of nitrogens with one attached hydrogen (secondary N) is 2. The van der Waals surface area contributed by atoms with Crippen molar-refractivity contribution in [2.24, 2.45) is 17.6 Å². The normalized spacial score (nSPS) is 22.9. The topological polar surface area (TPSA) is 70.9 Å². The van der Waals surface area contributed by atoms with Gasteiger partial charge in [-0.3, -0.25) is 4.79 Å². The lowest BCUT2D eigenvalue weighted by Crippen LogP contribution is -2.44. The minimum absolute atomic E-state index is 0.0342. The molecular weight excluding hydrogens is 286 g/mol. The highest BCUT2D eigenvalue weighted by Gasteiger charge is 2.23. The number of carbonyl (C=O) groups is 1. The van der Waals surface area contributed by atoms with Crippen molar-refractivity contribution < 1.29 is 4.79 Å². The summed E-state index contributed by atoms with van der Waals surface area (Å²) in [5.41, 5.74) is 8.32. The maximum atomic E-state index is 12.3. The van der Waals surface area contributed by atoms with Gasteiger partial charge < -0.3 is 16.0 Å². The van der Waals surface area contributed by atoms with Gasteiger partial charge in [-0.15, -0.1) is 0 Å². The largest absolute Gasteiger partial charge is 0.361 e. The van der Waals surface area contributed by atoms with Crippen LogP contribution in [0.15, 0.2) is 30.5 Å². The van der Waals surface area contributed by atoms with Crippen LogP contribution in [0.25, 0.3) is 10.9 Å². The first-order valence-electron chi connectivity index (χ1n) is 8.73. The number of H-pyrrole nitrogens is 1. The summed E-state index contributed by atoms with van der Waals surface area (Å²) in [6.07, 6.45) is 7.64. The van der Waals surface area contributed by atoms with Crippen LogP contribution in [0.4, 0.5) is 0 Å².